The lowest BCUT2D eigenvalue weighted by Crippen LogP contribution is -2.27. The van der Waals surface area contributed by atoms with Gasteiger partial charge in [-0.3, -0.25) is 8.98 Å². The normalized spacial score (nSPS) is 12.8. The van der Waals surface area contributed by atoms with E-state index >= 15 is 0 Å². The molecule has 142 valence electrons. The van der Waals surface area contributed by atoms with Crippen LogP contribution in [-0.2, 0) is 14.3 Å². The van der Waals surface area contributed by atoms with Crippen LogP contribution in [0.1, 0.15) is 34.2 Å². The first-order valence-electron chi connectivity index (χ1n) is 7.79. The van der Waals surface area contributed by atoms with Crippen LogP contribution in [0.2, 0.25) is 10.0 Å². The SMILES string of the molecule is CN(CCCC(OS(C)(=O)=O)c1ccc(Cl)c(Cl)c1)C(=O)c1cccs1. The summed E-state index contributed by atoms with van der Waals surface area (Å²) >= 11 is 13.3. The van der Waals surface area contributed by atoms with E-state index in [1.54, 1.807) is 36.2 Å². The van der Waals surface area contributed by atoms with Crippen molar-refractivity contribution >= 4 is 50.6 Å². The number of rotatable bonds is 8. The number of halogens is 2. The second-order valence-electron chi connectivity index (χ2n) is 5.81. The topological polar surface area (TPSA) is 63.7 Å². The van der Waals surface area contributed by atoms with E-state index in [4.69, 9.17) is 27.4 Å². The maximum atomic E-state index is 12.2. The Morgan fingerprint density at radius 3 is 2.58 bits per heavy atom. The lowest BCUT2D eigenvalue weighted by Gasteiger charge is -2.20. The molecule has 9 heteroatoms. The minimum atomic E-state index is -3.65. The summed E-state index contributed by atoms with van der Waals surface area (Å²) in [5.74, 6) is -0.0601. The van der Waals surface area contributed by atoms with Crippen LogP contribution in [0.15, 0.2) is 35.7 Å². The number of thiophene rings is 1. The highest BCUT2D eigenvalue weighted by molar-refractivity contribution is 7.86. The third kappa shape index (κ3) is 6.25. The summed E-state index contributed by atoms with van der Waals surface area (Å²) in [6, 6.07) is 8.48. The zero-order chi connectivity index (χ0) is 19.3. The van der Waals surface area contributed by atoms with E-state index in [1.165, 1.54) is 11.3 Å². The summed E-state index contributed by atoms with van der Waals surface area (Å²) < 4.78 is 28.4. The van der Waals surface area contributed by atoms with Gasteiger partial charge in [-0.05, 0) is 42.0 Å². The number of hydrogen-bond acceptors (Lipinski definition) is 5. The predicted molar refractivity (Wildman–Crippen MR) is 106 cm³/mol. The number of benzene rings is 1. The molecule has 5 nitrogen and oxygen atoms in total. The molecule has 1 aromatic heterocycles. The number of carbonyl (C=O) groups excluding carboxylic acids is 1. The van der Waals surface area contributed by atoms with Crippen LogP contribution in [0.5, 0.6) is 0 Å². The summed E-state index contributed by atoms with van der Waals surface area (Å²) in [6.45, 7) is 0.474. The van der Waals surface area contributed by atoms with Crippen molar-refractivity contribution in [2.24, 2.45) is 0 Å². The van der Waals surface area contributed by atoms with Crippen LogP contribution in [0.4, 0.5) is 0 Å². The summed E-state index contributed by atoms with van der Waals surface area (Å²) in [7, 11) is -1.94. The van der Waals surface area contributed by atoms with Gasteiger partial charge in [0.05, 0.1) is 21.2 Å². The molecule has 0 fully saturated rings. The Labute approximate surface area is 167 Å². The third-order valence-electron chi connectivity index (χ3n) is 3.64. The van der Waals surface area contributed by atoms with Crippen LogP contribution in [0.25, 0.3) is 0 Å². The molecule has 2 rings (SSSR count). The molecule has 0 radical (unpaired) electrons. The van der Waals surface area contributed by atoms with Crippen LogP contribution in [-0.4, -0.2) is 39.1 Å². The molecule has 26 heavy (non-hydrogen) atoms. The number of hydrogen-bond donors (Lipinski definition) is 0. The van der Waals surface area contributed by atoms with Crippen molar-refractivity contribution in [2.75, 3.05) is 19.8 Å². The van der Waals surface area contributed by atoms with Crippen LogP contribution >= 0.6 is 34.5 Å². The Balaban J connectivity index is 2.02. The molecule has 1 aromatic carbocycles. The molecule has 0 N–H and O–H groups in total. The molecule has 0 saturated carbocycles. The number of carbonyl (C=O) groups is 1. The van der Waals surface area contributed by atoms with Gasteiger partial charge in [0.1, 0.15) is 6.10 Å². The number of nitrogens with zero attached hydrogens (tertiary/aromatic N) is 1. The first-order valence-corrected chi connectivity index (χ1v) is 11.2. The van der Waals surface area contributed by atoms with Gasteiger partial charge in [0.2, 0.25) is 0 Å². The quantitative estimate of drug-likeness (QED) is 0.567. The Kier molecular flexibility index (Phi) is 7.49. The zero-order valence-electron chi connectivity index (χ0n) is 14.3. The summed E-state index contributed by atoms with van der Waals surface area (Å²) in [5, 5.41) is 2.56. The Hall–Kier alpha value is -1.12. The van der Waals surface area contributed by atoms with Gasteiger partial charge in [-0.25, -0.2) is 0 Å². The van der Waals surface area contributed by atoms with Gasteiger partial charge in [0, 0.05) is 13.6 Å². The van der Waals surface area contributed by atoms with E-state index in [9.17, 15) is 13.2 Å². The van der Waals surface area contributed by atoms with Crippen molar-refractivity contribution in [3.8, 4) is 0 Å². The smallest absolute Gasteiger partial charge is 0.264 e. The molecular weight excluding hydrogens is 417 g/mol. The van der Waals surface area contributed by atoms with Gasteiger partial charge < -0.3 is 4.90 Å². The fraction of sp³-hybridized carbons (Fsp3) is 0.353. The minimum Gasteiger partial charge on any atom is -0.341 e. The highest BCUT2D eigenvalue weighted by Crippen LogP contribution is 2.30. The molecule has 0 aliphatic carbocycles. The monoisotopic (exact) mass is 435 g/mol. The molecule has 0 bridgehead atoms. The Morgan fingerprint density at radius 2 is 2.00 bits per heavy atom. The summed E-state index contributed by atoms with van der Waals surface area (Å²) in [6.07, 6.45) is 1.29. The molecule has 0 saturated heterocycles. The third-order valence-corrected chi connectivity index (χ3v) is 5.82. The van der Waals surface area contributed by atoms with Gasteiger partial charge >= 0.3 is 0 Å². The Morgan fingerprint density at radius 1 is 1.27 bits per heavy atom. The first kappa shape index (κ1) is 21.2. The second kappa shape index (κ2) is 9.19. The maximum Gasteiger partial charge on any atom is 0.264 e. The van der Waals surface area contributed by atoms with Crippen molar-refractivity contribution in [3.63, 3.8) is 0 Å². The summed E-state index contributed by atoms with van der Waals surface area (Å²) in [5.41, 5.74) is 0.622. The van der Waals surface area contributed by atoms with Crippen molar-refractivity contribution in [1.29, 1.82) is 0 Å². The molecule has 0 aliphatic heterocycles. The van der Waals surface area contributed by atoms with Crippen molar-refractivity contribution in [2.45, 2.75) is 18.9 Å². The second-order valence-corrected chi connectivity index (χ2v) is 9.17. The maximum absolute atomic E-state index is 12.2. The van der Waals surface area contributed by atoms with E-state index in [-0.39, 0.29) is 5.91 Å². The van der Waals surface area contributed by atoms with Gasteiger partial charge in [-0.1, -0.05) is 35.3 Å². The van der Waals surface area contributed by atoms with Crippen molar-refractivity contribution in [1.82, 2.24) is 4.90 Å². The highest BCUT2D eigenvalue weighted by atomic mass is 35.5. The lowest BCUT2D eigenvalue weighted by atomic mass is 10.0. The van der Waals surface area contributed by atoms with E-state index in [0.717, 1.165) is 6.26 Å². The first-order chi connectivity index (χ1) is 12.2. The fourth-order valence-corrected chi connectivity index (χ4v) is 4.05. The molecule has 2 aromatic rings. The minimum absolute atomic E-state index is 0.0601. The number of amides is 1. The van der Waals surface area contributed by atoms with E-state index in [2.05, 4.69) is 0 Å². The standard InChI is InChI=1S/C17H19Cl2NO4S2/c1-20(17(21)16-6-4-10-25-16)9-3-5-15(24-26(2,22)23)12-7-8-13(18)14(19)11-12/h4,6-8,10-11,15H,3,5,9H2,1-2H3. The molecule has 0 spiro atoms. The molecule has 1 unspecified atom stereocenters. The average Bonchev–Trinajstić information content (AvgIpc) is 3.09. The van der Waals surface area contributed by atoms with E-state index in [1.807, 2.05) is 11.4 Å². The van der Waals surface area contributed by atoms with Crippen LogP contribution in [0, 0.1) is 0 Å². The molecule has 1 heterocycles. The van der Waals surface area contributed by atoms with Crippen LogP contribution in [0.3, 0.4) is 0 Å². The molecular formula is C17H19Cl2NO4S2. The van der Waals surface area contributed by atoms with Gasteiger partial charge in [-0.2, -0.15) is 8.42 Å². The fourth-order valence-electron chi connectivity index (χ4n) is 2.40. The zero-order valence-corrected chi connectivity index (χ0v) is 17.5. The highest BCUT2D eigenvalue weighted by Gasteiger charge is 2.20. The molecule has 0 aliphatic rings. The van der Waals surface area contributed by atoms with Crippen LogP contribution < -0.4 is 0 Å². The predicted octanol–water partition coefficient (Wildman–Crippen LogP) is 4.62. The average molecular weight is 436 g/mol. The van der Waals surface area contributed by atoms with E-state index in [0.29, 0.717) is 39.9 Å². The van der Waals surface area contributed by atoms with Gasteiger partial charge in [0.25, 0.3) is 16.0 Å². The molecule has 1 amide bonds. The van der Waals surface area contributed by atoms with Crippen molar-refractivity contribution in [3.05, 3.63) is 56.2 Å². The van der Waals surface area contributed by atoms with Crippen molar-refractivity contribution < 1.29 is 17.4 Å². The van der Waals surface area contributed by atoms with Gasteiger partial charge in [-0.15, -0.1) is 11.3 Å². The molecule has 1 atom stereocenters. The Bertz CT molecular complexity index is 854. The largest absolute Gasteiger partial charge is 0.341 e. The van der Waals surface area contributed by atoms with Gasteiger partial charge in [0.15, 0.2) is 0 Å². The van der Waals surface area contributed by atoms with E-state index < -0.39 is 16.2 Å². The summed E-state index contributed by atoms with van der Waals surface area (Å²) in [4.78, 5) is 14.5. The lowest BCUT2D eigenvalue weighted by molar-refractivity contribution is 0.0790.